The zero-order valence-corrected chi connectivity index (χ0v) is 10.5. The summed E-state index contributed by atoms with van der Waals surface area (Å²) in [4.78, 5) is 0. The first-order valence-corrected chi connectivity index (χ1v) is 5.42. The molecule has 0 nitrogen and oxygen atoms in total. The normalized spacial score (nSPS) is 12.9. The van der Waals surface area contributed by atoms with Gasteiger partial charge in [-0.3, -0.25) is 0 Å². The molecule has 1 atom stereocenters. The zero-order chi connectivity index (χ0) is 9.99. The lowest BCUT2D eigenvalue weighted by Crippen LogP contribution is -2.22. The van der Waals surface area contributed by atoms with Crippen LogP contribution in [0.3, 0.4) is 0 Å². The second-order valence-corrected chi connectivity index (χ2v) is 5.82. The van der Waals surface area contributed by atoms with E-state index in [1.54, 1.807) is 5.57 Å². The SMILES string of the molecule is CC(C)(C)C(=CCP)C(C)(C)C. The largest absolute Gasteiger partial charge is 0.134 e. The van der Waals surface area contributed by atoms with Crippen LogP contribution in [0.4, 0.5) is 0 Å². The predicted molar refractivity (Wildman–Crippen MR) is 61.6 cm³/mol. The van der Waals surface area contributed by atoms with E-state index in [1.807, 2.05) is 0 Å². The minimum Gasteiger partial charge on any atom is -0.134 e. The molecule has 0 rings (SSSR count). The van der Waals surface area contributed by atoms with Crippen LogP contribution in [0.1, 0.15) is 41.5 Å². The summed E-state index contributed by atoms with van der Waals surface area (Å²) in [5.74, 6) is 0. The van der Waals surface area contributed by atoms with Crippen molar-refractivity contribution in [1.29, 1.82) is 0 Å². The van der Waals surface area contributed by atoms with Crippen LogP contribution in [0.2, 0.25) is 0 Å². The fourth-order valence-corrected chi connectivity index (χ4v) is 2.09. The van der Waals surface area contributed by atoms with Crippen molar-refractivity contribution in [2.75, 3.05) is 6.16 Å². The van der Waals surface area contributed by atoms with Gasteiger partial charge in [-0.2, -0.15) is 0 Å². The topological polar surface area (TPSA) is 0 Å². The molecule has 1 heteroatoms. The lowest BCUT2D eigenvalue weighted by atomic mass is 9.72. The van der Waals surface area contributed by atoms with Crippen molar-refractivity contribution in [3.8, 4) is 0 Å². The third-order valence-corrected chi connectivity index (χ3v) is 2.17. The van der Waals surface area contributed by atoms with E-state index in [9.17, 15) is 0 Å². The maximum absolute atomic E-state index is 2.76. The molecule has 72 valence electrons. The van der Waals surface area contributed by atoms with Gasteiger partial charge in [0.05, 0.1) is 0 Å². The van der Waals surface area contributed by atoms with Crippen molar-refractivity contribution in [1.82, 2.24) is 0 Å². The molecule has 0 fully saturated rings. The maximum Gasteiger partial charge on any atom is -0.0168 e. The zero-order valence-electron chi connectivity index (χ0n) is 9.36. The predicted octanol–water partition coefficient (Wildman–Crippen LogP) is 3.88. The summed E-state index contributed by atoms with van der Waals surface area (Å²) < 4.78 is 0. The minimum absolute atomic E-state index is 0.300. The Morgan fingerprint density at radius 1 is 1.00 bits per heavy atom. The molecular weight excluding hydrogens is 163 g/mol. The lowest BCUT2D eigenvalue weighted by molar-refractivity contribution is 0.361. The van der Waals surface area contributed by atoms with Crippen molar-refractivity contribution >= 4 is 9.24 Å². The smallest absolute Gasteiger partial charge is 0.0168 e. The Morgan fingerprint density at radius 3 is 1.42 bits per heavy atom. The van der Waals surface area contributed by atoms with Gasteiger partial charge in [0.2, 0.25) is 0 Å². The van der Waals surface area contributed by atoms with Gasteiger partial charge in [0.1, 0.15) is 0 Å². The Kier molecular flexibility index (Phi) is 3.97. The van der Waals surface area contributed by atoms with Gasteiger partial charge < -0.3 is 0 Å². The number of rotatable bonds is 1. The van der Waals surface area contributed by atoms with Crippen LogP contribution in [0, 0.1) is 10.8 Å². The number of hydrogen-bond acceptors (Lipinski definition) is 0. The van der Waals surface area contributed by atoms with Gasteiger partial charge in [-0.1, -0.05) is 53.2 Å². The monoisotopic (exact) mass is 186 g/mol. The average Bonchev–Trinajstić information content (AvgIpc) is 1.77. The summed E-state index contributed by atoms with van der Waals surface area (Å²) in [6.07, 6.45) is 3.40. The van der Waals surface area contributed by atoms with Crippen LogP contribution < -0.4 is 0 Å². The van der Waals surface area contributed by atoms with Crippen LogP contribution in [0.25, 0.3) is 0 Å². The highest BCUT2D eigenvalue weighted by Gasteiger charge is 2.26. The molecule has 12 heavy (non-hydrogen) atoms. The van der Waals surface area contributed by atoms with Gasteiger partial charge in [0.15, 0.2) is 0 Å². The second kappa shape index (κ2) is 3.92. The molecule has 0 aliphatic heterocycles. The first kappa shape index (κ1) is 12.2. The van der Waals surface area contributed by atoms with E-state index >= 15 is 0 Å². The fourth-order valence-electron chi connectivity index (χ4n) is 1.86. The van der Waals surface area contributed by atoms with Crippen LogP contribution in [-0.4, -0.2) is 6.16 Å². The summed E-state index contributed by atoms with van der Waals surface area (Å²) in [7, 11) is 2.76. The van der Waals surface area contributed by atoms with Crippen molar-refractivity contribution in [2.24, 2.45) is 10.8 Å². The quantitative estimate of drug-likeness (QED) is 0.430. The Morgan fingerprint density at radius 2 is 1.33 bits per heavy atom. The van der Waals surface area contributed by atoms with Gasteiger partial charge in [-0.15, -0.1) is 9.24 Å². The van der Waals surface area contributed by atoms with Crippen molar-refractivity contribution in [3.63, 3.8) is 0 Å². The van der Waals surface area contributed by atoms with Gasteiger partial charge in [-0.05, 0) is 17.0 Å². The van der Waals surface area contributed by atoms with E-state index in [1.165, 1.54) is 0 Å². The van der Waals surface area contributed by atoms with Crippen molar-refractivity contribution < 1.29 is 0 Å². The highest BCUT2D eigenvalue weighted by Crippen LogP contribution is 2.38. The van der Waals surface area contributed by atoms with Gasteiger partial charge in [0.25, 0.3) is 0 Å². The van der Waals surface area contributed by atoms with E-state index in [-0.39, 0.29) is 0 Å². The first-order valence-electron chi connectivity index (χ1n) is 4.61. The van der Waals surface area contributed by atoms with Crippen molar-refractivity contribution in [2.45, 2.75) is 41.5 Å². The lowest BCUT2D eigenvalue weighted by Gasteiger charge is -2.34. The summed E-state index contributed by atoms with van der Waals surface area (Å²) in [5, 5.41) is 0. The third kappa shape index (κ3) is 3.72. The minimum atomic E-state index is 0.300. The summed E-state index contributed by atoms with van der Waals surface area (Å²) in [6, 6.07) is 0. The van der Waals surface area contributed by atoms with Gasteiger partial charge in [-0.25, -0.2) is 0 Å². The maximum atomic E-state index is 2.76. The molecule has 0 amide bonds. The van der Waals surface area contributed by atoms with E-state index in [0.717, 1.165) is 6.16 Å². The summed E-state index contributed by atoms with van der Waals surface area (Å²) >= 11 is 0. The van der Waals surface area contributed by atoms with Crippen molar-refractivity contribution in [3.05, 3.63) is 11.6 Å². The molecule has 0 aromatic rings. The Balaban J connectivity index is 4.83. The molecule has 0 aliphatic rings. The standard InChI is InChI=1S/C11H23P/c1-10(2,3)9(7-8-12)11(4,5)6/h7H,8,12H2,1-6H3. The molecular formula is C11H23P. The Bertz CT molecular complexity index is 148. The third-order valence-electron chi connectivity index (χ3n) is 1.94. The average molecular weight is 186 g/mol. The van der Waals surface area contributed by atoms with Crippen LogP contribution in [-0.2, 0) is 0 Å². The van der Waals surface area contributed by atoms with E-state index in [0.29, 0.717) is 10.8 Å². The van der Waals surface area contributed by atoms with E-state index < -0.39 is 0 Å². The van der Waals surface area contributed by atoms with Crippen LogP contribution >= 0.6 is 9.24 Å². The molecule has 0 N–H and O–H groups in total. The van der Waals surface area contributed by atoms with E-state index in [4.69, 9.17) is 0 Å². The molecule has 0 heterocycles. The molecule has 0 aromatic carbocycles. The van der Waals surface area contributed by atoms with Gasteiger partial charge in [0, 0.05) is 0 Å². The highest BCUT2D eigenvalue weighted by molar-refractivity contribution is 7.16. The molecule has 1 unspecified atom stereocenters. The molecule has 0 saturated carbocycles. The van der Waals surface area contributed by atoms with E-state index in [2.05, 4.69) is 56.9 Å². The van der Waals surface area contributed by atoms with Crippen LogP contribution in [0.15, 0.2) is 11.6 Å². The van der Waals surface area contributed by atoms with Crippen LogP contribution in [0.5, 0.6) is 0 Å². The molecule has 0 aliphatic carbocycles. The molecule has 0 saturated heterocycles. The highest BCUT2D eigenvalue weighted by atomic mass is 31.0. The number of allylic oxidation sites excluding steroid dienone is 2. The number of hydrogen-bond donors (Lipinski definition) is 0. The fraction of sp³-hybridized carbons (Fsp3) is 0.818. The summed E-state index contributed by atoms with van der Waals surface area (Å²) in [5.41, 5.74) is 2.15. The molecule has 0 aromatic heterocycles. The van der Waals surface area contributed by atoms with Gasteiger partial charge >= 0.3 is 0 Å². The molecule has 0 radical (unpaired) electrons. The molecule has 0 spiro atoms. The Labute approximate surface area is 80.0 Å². The molecule has 0 bridgehead atoms. The first-order chi connectivity index (χ1) is 5.19. The second-order valence-electron chi connectivity index (χ2n) is 5.35. The Hall–Kier alpha value is 0.170. The summed E-state index contributed by atoms with van der Waals surface area (Å²) in [6.45, 7) is 13.7.